The van der Waals surface area contributed by atoms with E-state index in [0.29, 0.717) is 11.7 Å². The van der Waals surface area contributed by atoms with Gasteiger partial charge in [0.1, 0.15) is 5.76 Å². The van der Waals surface area contributed by atoms with Gasteiger partial charge >= 0.3 is 0 Å². The third kappa shape index (κ3) is 1.99. The third-order valence-corrected chi connectivity index (χ3v) is 2.46. The van der Waals surface area contributed by atoms with Crippen molar-refractivity contribution in [1.82, 2.24) is 10.1 Å². The zero-order valence-corrected chi connectivity index (χ0v) is 9.43. The van der Waals surface area contributed by atoms with Crippen LogP contribution in [0.15, 0.2) is 21.3 Å². The molecule has 16 heavy (non-hydrogen) atoms. The van der Waals surface area contributed by atoms with Gasteiger partial charge in [-0.1, -0.05) is 18.5 Å². The standard InChI is InChI=1S/C11H15N3O2/c1-3-4-9(12)10-13-11(16-14-10)8-5-6-15-7(8)2/h5-6,9H,3-4,12H2,1-2H3. The van der Waals surface area contributed by atoms with Crippen LogP contribution in [0.1, 0.15) is 37.4 Å². The number of aryl methyl sites for hydroxylation is 1. The van der Waals surface area contributed by atoms with Crippen molar-refractivity contribution in [2.45, 2.75) is 32.7 Å². The van der Waals surface area contributed by atoms with Gasteiger partial charge in [0.25, 0.3) is 5.89 Å². The van der Waals surface area contributed by atoms with E-state index in [1.165, 1.54) is 0 Å². The van der Waals surface area contributed by atoms with Gasteiger partial charge in [0.05, 0.1) is 17.9 Å². The summed E-state index contributed by atoms with van der Waals surface area (Å²) in [6, 6.07) is 1.65. The summed E-state index contributed by atoms with van der Waals surface area (Å²) in [4.78, 5) is 4.27. The maximum atomic E-state index is 5.90. The van der Waals surface area contributed by atoms with E-state index < -0.39 is 0 Å². The maximum absolute atomic E-state index is 5.90. The summed E-state index contributed by atoms with van der Waals surface area (Å²) in [6.07, 6.45) is 3.44. The average molecular weight is 221 g/mol. The first kappa shape index (κ1) is 10.9. The first-order chi connectivity index (χ1) is 7.72. The minimum atomic E-state index is -0.158. The van der Waals surface area contributed by atoms with Crippen molar-refractivity contribution in [3.05, 3.63) is 23.9 Å². The van der Waals surface area contributed by atoms with Crippen LogP contribution in [0.2, 0.25) is 0 Å². The largest absolute Gasteiger partial charge is 0.469 e. The van der Waals surface area contributed by atoms with Crippen LogP contribution in [0.4, 0.5) is 0 Å². The fourth-order valence-electron chi connectivity index (χ4n) is 1.54. The molecular weight excluding hydrogens is 206 g/mol. The molecule has 5 heteroatoms. The first-order valence-electron chi connectivity index (χ1n) is 5.36. The lowest BCUT2D eigenvalue weighted by molar-refractivity contribution is 0.412. The molecule has 86 valence electrons. The molecule has 2 N–H and O–H groups in total. The van der Waals surface area contributed by atoms with Gasteiger partial charge in [0.2, 0.25) is 0 Å². The molecule has 1 atom stereocenters. The van der Waals surface area contributed by atoms with Gasteiger partial charge in [0, 0.05) is 0 Å². The summed E-state index contributed by atoms with van der Waals surface area (Å²) in [5.74, 6) is 1.78. The molecule has 0 bridgehead atoms. The molecule has 0 fully saturated rings. The topological polar surface area (TPSA) is 78.1 Å². The Labute approximate surface area is 93.6 Å². The number of nitrogens with zero attached hydrogens (tertiary/aromatic N) is 2. The fraction of sp³-hybridized carbons (Fsp3) is 0.455. The lowest BCUT2D eigenvalue weighted by Gasteiger charge is -2.02. The van der Waals surface area contributed by atoms with E-state index in [0.717, 1.165) is 24.2 Å². The highest BCUT2D eigenvalue weighted by Crippen LogP contribution is 2.23. The monoisotopic (exact) mass is 221 g/mol. The second-order valence-electron chi connectivity index (χ2n) is 3.74. The number of furan rings is 1. The zero-order valence-electron chi connectivity index (χ0n) is 9.43. The summed E-state index contributed by atoms with van der Waals surface area (Å²) in [5.41, 5.74) is 6.72. The van der Waals surface area contributed by atoms with E-state index in [-0.39, 0.29) is 6.04 Å². The average Bonchev–Trinajstić information content (AvgIpc) is 2.86. The molecule has 0 aliphatic carbocycles. The first-order valence-corrected chi connectivity index (χ1v) is 5.36. The summed E-state index contributed by atoms with van der Waals surface area (Å²) in [5, 5.41) is 3.88. The molecule has 2 aromatic rings. The Morgan fingerprint density at radius 1 is 1.50 bits per heavy atom. The molecule has 0 amide bonds. The SMILES string of the molecule is CCCC(N)c1noc(-c2ccoc2C)n1. The Kier molecular flexibility index (Phi) is 3.05. The Bertz CT molecular complexity index is 461. The molecule has 0 radical (unpaired) electrons. The predicted octanol–water partition coefficient (Wildman–Crippen LogP) is 2.44. The molecule has 5 nitrogen and oxygen atoms in total. The second kappa shape index (κ2) is 4.49. The van der Waals surface area contributed by atoms with Crippen LogP contribution >= 0.6 is 0 Å². The molecule has 0 aliphatic rings. The Hall–Kier alpha value is -1.62. The lowest BCUT2D eigenvalue weighted by Crippen LogP contribution is -2.11. The van der Waals surface area contributed by atoms with Crippen LogP contribution in [0.5, 0.6) is 0 Å². The Morgan fingerprint density at radius 2 is 2.31 bits per heavy atom. The molecule has 2 aromatic heterocycles. The van der Waals surface area contributed by atoms with E-state index in [4.69, 9.17) is 14.7 Å². The van der Waals surface area contributed by atoms with Gasteiger partial charge in [-0.05, 0) is 19.4 Å². The van der Waals surface area contributed by atoms with Crippen molar-refractivity contribution in [2.24, 2.45) is 5.73 Å². The smallest absolute Gasteiger partial charge is 0.261 e. The van der Waals surface area contributed by atoms with Gasteiger partial charge in [-0.3, -0.25) is 0 Å². The van der Waals surface area contributed by atoms with E-state index in [1.54, 1.807) is 12.3 Å². The summed E-state index contributed by atoms with van der Waals surface area (Å²) in [6.45, 7) is 3.92. The van der Waals surface area contributed by atoms with Gasteiger partial charge in [-0.25, -0.2) is 0 Å². The summed E-state index contributed by atoms with van der Waals surface area (Å²) in [7, 11) is 0. The molecule has 0 aromatic carbocycles. The Morgan fingerprint density at radius 3 is 2.94 bits per heavy atom. The summed E-state index contributed by atoms with van der Waals surface area (Å²) >= 11 is 0. The number of rotatable bonds is 4. The number of nitrogens with two attached hydrogens (primary N) is 1. The highest BCUT2D eigenvalue weighted by molar-refractivity contribution is 5.54. The van der Waals surface area contributed by atoms with E-state index >= 15 is 0 Å². The quantitative estimate of drug-likeness (QED) is 0.857. The Balaban J connectivity index is 2.23. The molecule has 2 rings (SSSR count). The minimum Gasteiger partial charge on any atom is -0.469 e. The molecule has 0 spiro atoms. The second-order valence-corrected chi connectivity index (χ2v) is 3.74. The third-order valence-electron chi connectivity index (χ3n) is 2.46. The van der Waals surface area contributed by atoms with Crippen molar-refractivity contribution in [3.8, 4) is 11.5 Å². The molecule has 0 aliphatic heterocycles. The highest BCUT2D eigenvalue weighted by Gasteiger charge is 2.16. The molecule has 0 saturated carbocycles. The number of hydrogen-bond donors (Lipinski definition) is 1. The van der Waals surface area contributed by atoms with E-state index in [9.17, 15) is 0 Å². The van der Waals surface area contributed by atoms with Gasteiger partial charge in [0.15, 0.2) is 5.82 Å². The van der Waals surface area contributed by atoms with E-state index in [2.05, 4.69) is 17.1 Å². The van der Waals surface area contributed by atoms with Crippen molar-refractivity contribution in [3.63, 3.8) is 0 Å². The molecule has 0 saturated heterocycles. The van der Waals surface area contributed by atoms with Gasteiger partial charge < -0.3 is 14.7 Å². The number of hydrogen-bond acceptors (Lipinski definition) is 5. The van der Waals surface area contributed by atoms with Crippen LogP contribution in [0.25, 0.3) is 11.5 Å². The summed E-state index contributed by atoms with van der Waals surface area (Å²) < 4.78 is 10.3. The van der Waals surface area contributed by atoms with Crippen molar-refractivity contribution in [1.29, 1.82) is 0 Å². The van der Waals surface area contributed by atoms with Gasteiger partial charge in [-0.15, -0.1) is 0 Å². The molecular formula is C11H15N3O2. The van der Waals surface area contributed by atoms with Crippen molar-refractivity contribution >= 4 is 0 Å². The van der Waals surface area contributed by atoms with Crippen LogP contribution in [0, 0.1) is 6.92 Å². The van der Waals surface area contributed by atoms with Crippen LogP contribution < -0.4 is 5.73 Å². The molecule has 2 heterocycles. The van der Waals surface area contributed by atoms with Crippen LogP contribution in [-0.2, 0) is 0 Å². The van der Waals surface area contributed by atoms with E-state index in [1.807, 2.05) is 6.92 Å². The van der Waals surface area contributed by atoms with Crippen molar-refractivity contribution < 1.29 is 8.94 Å². The zero-order chi connectivity index (χ0) is 11.5. The fourth-order valence-corrected chi connectivity index (χ4v) is 1.54. The predicted molar refractivity (Wildman–Crippen MR) is 58.6 cm³/mol. The van der Waals surface area contributed by atoms with Gasteiger partial charge in [-0.2, -0.15) is 4.98 Å². The maximum Gasteiger partial charge on any atom is 0.261 e. The van der Waals surface area contributed by atoms with Crippen LogP contribution in [0.3, 0.4) is 0 Å². The normalized spacial score (nSPS) is 12.9. The lowest BCUT2D eigenvalue weighted by atomic mass is 10.2. The van der Waals surface area contributed by atoms with Crippen molar-refractivity contribution in [2.75, 3.05) is 0 Å². The van der Waals surface area contributed by atoms with Crippen LogP contribution in [-0.4, -0.2) is 10.1 Å². The molecule has 1 unspecified atom stereocenters. The highest BCUT2D eigenvalue weighted by atomic mass is 16.5. The minimum absolute atomic E-state index is 0.158. The number of aromatic nitrogens is 2.